The van der Waals surface area contributed by atoms with E-state index in [0.29, 0.717) is 12.1 Å². The fourth-order valence-electron chi connectivity index (χ4n) is 2.75. The Morgan fingerprint density at radius 2 is 2.21 bits per heavy atom. The minimum Gasteiger partial charge on any atom is -0.493 e. The van der Waals surface area contributed by atoms with Gasteiger partial charge in [-0.05, 0) is 49.3 Å². The van der Waals surface area contributed by atoms with Crippen molar-refractivity contribution >= 4 is 11.8 Å². The fourth-order valence-corrected chi connectivity index (χ4v) is 3.85. The molecule has 2 saturated heterocycles. The Morgan fingerprint density at radius 1 is 1.26 bits per heavy atom. The van der Waals surface area contributed by atoms with Gasteiger partial charge in [0.1, 0.15) is 6.10 Å². The smallest absolute Gasteiger partial charge is 0.161 e. The van der Waals surface area contributed by atoms with Crippen molar-refractivity contribution in [2.75, 3.05) is 25.2 Å². The summed E-state index contributed by atoms with van der Waals surface area (Å²) < 4.78 is 11.5. The van der Waals surface area contributed by atoms with Crippen LogP contribution in [0.1, 0.15) is 30.9 Å². The largest absolute Gasteiger partial charge is 0.493 e. The molecule has 1 aromatic rings. The van der Waals surface area contributed by atoms with Crippen molar-refractivity contribution in [1.82, 2.24) is 5.32 Å². The van der Waals surface area contributed by atoms with Gasteiger partial charge in [0, 0.05) is 11.8 Å². The second kappa shape index (κ2) is 6.06. The van der Waals surface area contributed by atoms with E-state index in [-0.39, 0.29) is 0 Å². The summed E-state index contributed by atoms with van der Waals surface area (Å²) in [6, 6.07) is 6.84. The third-order valence-corrected chi connectivity index (χ3v) is 4.96. The molecule has 0 bridgehead atoms. The molecule has 0 radical (unpaired) electrons. The molecule has 1 aromatic carbocycles. The van der Waals surface area contributed by atoms with Crippen LogP contribution in [0.25, 0.3) is 0 Å². The predicted molar refractivity (Wildman–Crippen MR) is 79.3 cm³/mol. The third-order valence-electron chi connectivity index (χ3n) is 3.83. The van der Waals surface area contributed by atoms with Crippen LogP contribution in [-0.4, -0.2) is 31.3 Å². The summed E-state index contributed by atoms with van der Waals surface area (Å²) in [5.74, 6) is 4.05. The van der Waals surface area contributed by atoms with Gasteiger partial charge in [-0.25, -0.2) is 0 Å². The Balaban J connectivity index is 1.76. The van der Waals surface area contributed by atoms with Gasteiger partial charge in [-0.2, -0.15) is 11.8 Å². The topological polar surface area (TPSA) is 30.5 Å². The van der Waals surface area contributed by atoms with Crippen molar-refractivity contribution in [1.29, 1.82) is 0 Å². The van der Waals surface area contributed by atoms with E-state index >= 15 is 0 Å². The maximum atomic E-state index is 6.05. The van der Waals surface area contributed by atoms with Crippen LogP contribution in [-0.2, 0) is 0 Å². The lowest BCUT2D eigenvalue weighted by molar-refractivity contribution is 0.218. The van der Waals surface area contributed by atoms with Gasteiger partial charge < -0.3 is 14.8 Å². The first kappa shape index (κ1) is 13.1. The first-order valence-electron chi connectivity index (χ1n) is 7.02. The van der Waals surface area contributed by atoms with Crippen molar-refractivity contribution in [2.45, 2.75) is 31.4 Å². The number of hydrogen-bond acceptors (Lipinski definition) is 4. The van der Waals surface area contributed by atoms with E-state index in [2.05, 4.69) is 23.5 Å². The standard InChI is InChI=1S/C15H21NO2S/c1-17-15-9-11(13-3-2-7-16-13)4-5-14(15)18-12-6-8-19-10-12/h4-5,9,12-13,16H,2-3,6-8,10H2,1H3. The molecule has 0 spiro atoms. The van der Waals surface area contributed by atoms with Crippen LogP contribution in [0.3, 0.4) is 0 Å². The minimum absolute atomic E-state index is 0.342. The van der Waals surface area contributed by atoms with Gasteiger partial charge in [0.25, 0.3) is 0 Å². The average Bonchev–Trinajstić information content (AvgIpc) is 3.12. The Kier molecular flexibility index (Phi) is 4.18. The summed E-state index contributed by atoms with van der Waals surface area (Å²) in [4.78, 5) is 0. The molecule has 19 heavy (non-hydrogen) atoms. The molecule has 4 heteroatoms. The van der Waals surface area contributed by atoms with Gasteiger partial charge in [0.05, 0.1) is 7.11 Å². The summed E-state index contributed by atoms with van der Waals surface area (Å²) >= 11 is 1.96. The first-order valence-corrected chi connectivity index (χ1v) is 8.18. The van der Waals surface area contributed by atoms with E-state index in [1.165, 1.54) is 24.2 Å². The SMILES string of the molecule is COc1cc(C2CCCN2)ccc1OC1CCSC1. The average molecular weight is 279 g/mol. The lowest BCUT2D eigenvalue weighted by atomic mass is 10.0. The van der Waals surface area contributed by atoms with E-state index < -0.39 is 0 Å². The minimum atomic E-state index is 0.342. The Hall–Kier alpha value is -0.870. The van der Waals surface area contributed by atoms with Crippen LogP contribution < -0.4 is 14.8 Å². The first-order chi connectivity index (χ1) is 9.36. The van der Waals surface area contributed by atoms with Crippen molar-refractivity contribution in [3.05, 3.63) is 23.8 Å². The fraction of sp³-hybridized carbons (Fsp3) is 0.600. The molecule has 0 aliphatic carbocycles. The predicted octanol–water partition coefficient (Wildman–Crippen LogP) is 3.00. The highest BCUT2D eigenvalue weighted by molar-refractivity contribution is 7.99. The summed E-state index contributed by atoms with van der Waals surface area (Å²) in [5.41, 5.74) is 1.31. The monoisotopic (exact) mass is 279 g/mol. The highest BCUT2D eigenvalue weighted by Gasteiger charge is 2.21. The molecule has 1 N–H and O–H groups in total. The van der Waals surface area contributed by atoms with Crippen molar-refractivity contribution < 1.29 is 9.47 Å². The van der Waals surface area contributed by atoms with Gasteiger partial charge in [-0.3, -0.25) is 0 Å². The summed E-state index contributed by atoms with van der Waals surface area (Å²) in [6.07, 6.45) is 3.95. The maximum absolute atomic E-state index is 6.05. The van der Waals surface area contributed by atoms with Crippen LogP contribution in [0.5, 0.6) is 11.5 Å². The number of hydrogen-bond donors (Lipinski definition) is 1. The maximum Gasteiger partial charge on any atom is 0.161 e. The second-order valence-electron chi connectivity index (χ2n) is 5.16. The zero-order valence-corrected chi connectivity index (χ0v) is 12.2. The van der Waals surface area contributed by atoms with E-state index in [4.69, 9.17) is 9.47 Å². The Bertz CT molecular complexity index is 426. The number of nitrogens with one attached hydrogen (secondary N) is 1. The number of methoxy groups -OCH3 is 1. The molecule has 2 aliphatic rings. The Labute approximate surface area is 119 Å². The Morgan fingerprint density at radius 3 is 2.89 bits per heavy atom. The molecule has 2 unspecified atom stereocenters. The molecular formula is C15H21NO2S. The lowest BCUT2D eigenvalue weighted by Gasteiger charge is -2.18. The van der Waals surface area contributed by atoms with Crippen LogP contribution in [0, 0.1) is 0 Å². The molecule has 0 saturated carbocycles. The zero-order valence-electron chi connectivity index (χ0n) is 11.4. The molecule has 2 atom stereocenters. The van der Waals surface area contributed by atoms with Gasteiger partial charge in [0.2, 0.25) is 0 Å². The molecular weight excluding hydrogens is 258 g/mol. The van der Waals surface area contributed by atoms with Crippen LogP contribution in [0.2, 0.25) is 0 Å². The van der Waals surface area contributed by atoms with E-state index in [1.54, 1.807) is 7.11 Å². The zero-order chi connectivity index (χ0) is 13.1. The third kappa shape index (κ3) is 3.00. The van der Waals surface area contributed by atoms with E-state index in [9.17, 15) is 0 Å². The number of benzene rings is 1. The molecule has 0 aromatic heterocycles. The molecule has 3 nitrogen and oxygen atoms in total. The van der Waals surface area contributed by atoms with Gasteiger partial charge in [-0.1, -0.05) is 6.07 Å². The number of thioether (sulfide) groups is 1. The van der Waals surface area contributed by atoms with Crippen molar-refractivity contribution in [3.8, 4) is 11.5 Å². The highest BCUT2D eigenvalue weighted by Crippen LogP contribution is 2.34. The van der Waals surface area contributed by atoms with Crippen LogP contribution in [0.4, 0.5) is 0 Å². The highest BCUT2D eigenvalue weighted by atomic mass is 32.2. The number of rotatable bonds is 4. The van der Waals surface area contributed by atoms with E-state index in [1.807, 2.05) is 11.8 Å². The van der Waals surface area contributed by atoms with Crippen LogP contribution >= 0.6 is 11.8 Å². The molecule has 3 rings (SSSR count). The number of ether oxygens (including phenoxy) is 2. The molecule has 2 heterocycles. The lowest BCUT2D eigenvalue weighted by Crippen LogP contribution is -2.16. The normalized spacial score (nSPS) is 26.6. The molecule has 104 valence electrons. The van der Waals surface area contributed by atoms with Crippen molar-refractivity contribution in [3.63, 3.8) is 0 Å². The van der Waals surface area contributed by atoms with Gasteiger partial charge >= 0.3 is 0 Å². The second-order valence-corrected chi connectivity index (χ2v) is 6.31. The summed E-state index contributed by atoms with van der Waals surface area (Å²) in [7, 11) is 1.72. The van der Waals surface area contributed by atoms with Gasteiger partial charge in [0.15, 0.2) is 11.5 Å². The van der Waals surface area contributed by atoms with Crippen molar-refractivity contribution in [2.24, 2.45) is 0 Å². The summed E-state index contributed by atoms with van der Waals surface area (Å²) in [6.45, 7) is 1.12. The van der Waals surface area contributed by atoms with E-state index in [0.717, 1.165) is 30.2 Å². The summed E-state index contributed by atoms with van der Waals surface area (Å²) in [5, 5.41) is 3.52. The quantitative estimate of drug-likeness (QED) is 0.918. The van der Waals surface area contributed by atoms with Gasteiger partial charge in [-0.15, -0.1) is 0 Å². The molecule has 2 fully saturated rings. The van der Waals surface area contributed by atoms with Crippen LogP contribution in [0.15, 0.2) is 18.2 Å². The molecule has 2 aliphatic heterocycles. The molecule has 0 amide bonds.